The average Bonchev–Trinajstić information content (AvgIpc) is 2.77. The van der Waals surface area contributed by atoms with E-state index in [1.54, 1.807) is 18.2 Å². The van der Waals surface area contributed by atoms with Gasteiger partial charge in [-0.2, -0.15) is 0 Å². The van der Waals surface area contributed by atoms with Crippen LogP contribution in [0.15, 0.2) is 23.9 Å². The third-order valence-corrected chi connectivity index (χ3v) is 4.68. The largest absolute Gasteiger partial charge is 0.493 e. The number of benzene rings is 1. The zero-order valence-corrected chi connectivity index (χ0v) is 18.7. The number of hydrogen-bond acceptors (Lipinski definition) is 7. The van der Waals surface area contributed by atoms with Crippen molar-refractivity contribution in [2.24, 2.45) is 0 Å². The van der Waals surface area contributed by atoms with Gasteiger partial charge in [0.1, 0.15) is 11.7 Å². The van der Waals surface area contributed by atoms with Crippen LogP contribution in [0.25, 0.3) is 6.08 Å². The Kier molecular flexibility index (Phi) is 9.06. The molecule has 1 atom stereocenters. The summed E-state index contributed by atoms with van der Waals surface area (Å²) in [5, 5.41) is 5.18. The molecule has 1 fully saturated rings. The van der Waals surface area contributed by atoms with Gasteiger partial charge < -0.3 is 29.7 Å². The predicted octanol–water partition coefficient (Wildman–Crippen LogP) is 0.851. The van der Waals surface area contributed by atoms with Crippen molar-refractivity contribution in [3.8, 4) is 11.5 Å². The molecule has 1 unspecified atom stereocenters. The van der Waals surface area contributed by atoms with Gasteiger partial charge >= 0.3 is 5.97 Å². The molecule has 0 aliphatic carbocycles. The van der Waals surface area contributed by atoms with E-state index in [2.05, 4.69) is 10.6 Å². The molecule has 1 aliphatic rings. The minimum Gasteiger partial charge on any atom is -0.493 e. The van der Waals surface area contributed by atoms with Crippen LogP contribution >= 0.6 is 0 Å². The molecule has 10 nitrogen and oxygen atoms in total. The number of hydrogen-bond donors (Lipinski definition) is 2. The van der Waals surface area contributed by atoms with Crippen LogP contribution in [-0.2, 0) is 23.9 Å². The SMILES string of the molecule is CCCOC(=O)CC1C(=O)NCCN1C(=O)/C(=C/c1ccc(OC)c(OC)c1)NC(C)=O. The van der Waals surface area contributed by atoms with Crippen molar-refractivity contribution in [2.75, 3.05) is 33.9 Å². The van der Waals surface area contributed by atoms with Gasteiger partial charge in [-0.05, 0) is 30.2 Å². The van der Waals surface area contributed by atoms with Gasteiger partial charge in [-0.3, -0.25) is 19.2 Å². The van der Waals surface area contributed by atoms with Gasteiger partial charge in [0.25, 0.3) is 5.91 Å². The van der Waals surface area contributed by atoms with Crippen LogP contribution in [0, 0.1) is 0 Å². The molecule has 2 N–H and O–H groups in total. The Bertz CT molecular complexity index is 898. The molecule has 174 valence electrons. The quantitative estimate of drug-likeness (QED) is 0.425. The minimum absolute atomic E-state index is 0.0358. The normalized spacial score (nSPS) is 16.1. The molecule has 2 rings (SSSR count). The highest BCUT2D eigenvalue weighted by Gasteiger charge is 2.36. The first kappa shape index (κ1) is 24.7. The van der Waals surface area contributed by atoms with E-state index in [1.165, 1.54) is 32.1 Å². The minimum atomic E-state index is -1.04. The first-order chi connectivity index (χ1) is 15.3. The summed E-state index contributed by atoms with van der Waals surface area (Å²) in [6.07, 6.45) is 1.85. The summed E-state index contributed by atoms with van der Waals surface area (Å²) < 4.78 is 15.6. The maximum absolute atomic E-state index is 13.3. The fourth-order valence-corrected chi connectivity index (χ4v) is 3.20. The fraction of sp³-hybridized carbons (Fsp3) is 0.455. The zero-order chi connectivity index (χ0) is 23.7. The lowest BCUT2D eigenvalue weighted by atomic mass is 10.1. The standard InChI is InChI=1S/C22H29N3O7/c1-5-10-32-20(27)13-17-21(28)23-8-9-25(17)22(29)16(24-14(2)26)11-15-6-7-18(30-3)19(12-15)31-4/h6-7,11-12,17H,5,8-10,13H2,1-4H3,(H,23,28)(H,24,26)/b16-11-. The van der Waals surface area contributed by atoms with Crippen molar-refractivity contribution in [2.45, 2.75) is 32.7 Å². The second-order valence-corrected chi connectivity index (χ2v) is 7.08. The highest BCUT2D eigenvalue weighted by atomic mass is 16.5. The first-order valence-electron chi connectivity index (χ1n) is 10.3. The lowest BCUT2D eigenvalue weighted by molar-refractivity contribution is -0.151. The molecule has 0 aromatic heterocycles. The van der Waals surface area contributed by atoms with Crippen LogP contribution in [0.3, 0.4) is 0 Å². The van der Waals surface area contributed by atoms with E-state index in [4.69, 9.17) is 14.2 Å². The average molecular weight is 447 g/mol. The molecule has 1 aromatic rings. The molecule has 0 saturated carbocycles. The van der Waals surface area contributed by atoms with Crippen molar-refractivity contribution >= 4 is 29.8 Å². The fourth-order valence-electron chi connectivity index (χ4n) is 3.20. The zero-order valence-electron chi connectivity index (χ0n) is 18.7. The van der Waals surface area contributed by atoms with Gasteiger partial charge in [0, 0.05) is 20.0 Å². The summed E-state index contributed by atoms with van der Waals surface area (Å²) in [4.78, 5) is 50.9. The van der Waals surface area contributed by atoms with Gasteiger partial charge in [0.05, 0.1) is 27.2 Å². The van der Waals surface area contributed by atoms with Crippen LogP contribution in [0.2, 0.25) is 0 Å². The summed E-state index contributed by atoms with van der Waals surface area (Å²) >= 11 is 0. The van der Waals surface area contributed by atoms with Crippen molar-refractivity contribution in [1.82, 2.24) is 15.5 Å². The van der Waals surface area contributed by atoms with E-state index in [1.807, 2.05) is 6.92 Å². The Hall–Kier alpha value is -3.56. The number of nitrogens with zero attached hydrogens (tertiary/aromatic N) is 1. The third kappa shape index (κ3) is 6.47. The third-order valence-electron chi connectivity index (χ3n) is 4.68. The molecule has 1 heterocycles. The molecular weight excluding hydrogens is 418 g/mol. The summed E-state index contributed by atoms with van der Waals surface area (Å²) in [5.74, 6) is -1.10. The van der Waals surface area contributed by atoms with E-state index in [-0.39, 0.29) is 31.8 Å². The number of ether oxygens (including phenoxy) is 3. The summed E-state index contributed by atoms with van der Waals surface area (Å²) in [6, 6.07) is 3.97. The number of carbonyl (C=O) groups is 4. The van der Waals surface area contributed by atoms with E-state index in [0.717, 1.165) is 0 Å². The molecule has 32 heavy (non-hydrogen) atoms. The number of esters is 1. The van der Waals surface area contributed by atoms with Gasteiger partial charge in [-0.15, -0.1) is 0 Å². The van der Waals surface area contributed by atoms with Crippen molar-refractivity contribution in [1.29, 1.82) is 0 Å². The van der Waals surface area contributed by atoms with Gasteiger partial charge in [-0.1, -0.05) is 13.0 Å². The van der Waals surface area contributed by atoms with Gasteiger partial charge in [-0.25, -0.2) is 0 Å². The van der Waals surface area contributed by atoms with E-state index in [9.17, 15) is 19.2 Å². The maximum Gasteiger partial charge on any atom is 0.308 e. The van der Waals surface area contributed by atoms with E-state index >= 15 is 0 Å². The molecule has 0 spiro atoms. The molecule has 1 aromatic carbocycles. The molecule has 1 aliphatic heterocycles. The van der Waals surface area contributed by atoms with Crippen molar-refractivity contribution < 1.29 is 33.4 Å². The summed E-state index contributed by atoms with van der Waals surface area (Å²) in [5.41, 5.74) is 0.534. The molecule has 3 amide bonds. The van der Waals surface area contributed by atoms with Gasteiger partial charge in [0.15, 0.2) is 11.5 Å². The lowest BCUT2D eigenvalue weighted by Crippen LogP contribution is -2.58. The highest BCUT2D eigenvalue weighted by molar-refractivity contribution is 6.03. The molecule has 0 radical (unpaired) electrons. The Morgan fingerprint density at radius 2 is 1.94 bits per heavy atom. The number of piperazine rings is 1. The topological polar surface area (TPSA) is 123 Å². The van der Waals surface area contributed by atoms with Crippen LogP contribution in [0.1, 0.15) is 32.3 Å². The second-order valence-electron chi connectivity index (χ2n) is 7.08. The van der Waals surface area contributed by atoms with E-state index < -0.39 is 29.7 Å². The number of methoxy groups -OCH3 is 2. The van der Waals surface area contributed by atoms with Crippen molar-refractivity contribution in [3.63, 3.8) is 0 Å². The molecular formula is C22H29N3O7. The number of rotatable bonds is 9. The predicted molar refractivity (Wildman–Crippen MR) is 116 cm³/mol. The molecule has 1 saturated heterocycles. The first-order valence-corrected chi connectivity index (χ1v) is 10.3. The summed E-state index contributed by atoms with van der Waals surface area (Å²) in [6.45, 7) is 3.78. The number of amides is 3. The Morgan fingerprint density at radius 1 is 1.22 bits per heavy atom. The Balaban J connectivity index is 2.35. The van der Waals surface area contributed by atoms with Crippen LogP contribution in [0.5, 0.6) is 11.5 Å². The Morgan fingerprint density at radius 3 is 2.56 bits per heavy atom. The van der Waals surface area contributed by atoms with E-state index in [0.29, 0.717) is 23.5 Å². The van der Waals surface area contributed by atoms with Crippen LogP contribution in [0.4, 0.5) is 0 Å². The number of carbonyl (C=O) groups excluding carboxylic acids is 4. The molecule has 0 bridgehead atoms. The maximum atomic E-state index is 13.3. The lowest BCUT2D eigenvalue weighted by Gasteiger charge is -2.35. The van der Waals surface area contributed by atoms with Crippen molar-refractivity contribution in [3.05, 3.63) is 29.5 Å². The highest BCUT2D eigenvalue weighted by Crippen LogP contribution is 2.28. The Labute approximate surface area is 186 Å². The van der Waals surface area contributed by atoms with Gasteiger partial charge in [0.2, 0.25) is 11.8 Å². The number of nitrogens with one attached hydrogen (secondary N) is 2. The smallest absolute Gasteiger partial charge is 0.308 e. The summed E-state index contributed by atoms with van der Waals surface area (Å²) in [7, 11) is 2.99. The molecule has 10 heteroatoms. The van der Waals surface area contributed by atoms with Crippen LogP contribution in [-0.4, -0.2) is 68.5 Å². The second kappa shape index (κ2) is 11.7. The monoisotopic (exact) mass is 447 g/mol. The van der Waals surface area contributed by atoms with Crippen LogP contribution < -0.4 is 20.1 Å².